The van der Waals surface area contributed by atoms with Crippen molar-refractivity contribution in [1.29, 1.82) is 0 Å². The lowest BCUT2D eigenvalue weighted by atomic mass is 9.73. The Morgan fingerprint density at radius 1 is 1.00 bits per heavy atom. The highest BCUT2D eigenvalue weighted by Gasteiger charge is 2.46. The zero-order chi connectivity index (χ0) is 21.4. The Morgan fingerprint density at radius 3 is 2.45 bits per heavy atom. The number of nitrogens with zero attached hydrogens (tertiary/aromatic N) is 3. The summed E-state index contributed by atoms with van der Waals surface area (Å²) < 4.78 is 0. The molecule has 3 aliphatic rings. The van der Waals surface area contributed by atoms with Crippen LogP contribution in [0.3, 0.4) is 0 Å². The number of likely N-dealkylation sites (N-methyl/N-ethyl adjacent to an activating group) is 1. The molecule has 2 fully saturated rings. The van der Waals surface area contributed by atoms with E-state index in [4.69, 9.17) is 0 Å². The molecule has 1 aliphatic carbocycles. The van der Waals surface area contributed by atoms with E-state index in [1.807, 2.05) is 21.7 Å². The van der Waals surface area contributed by atoms with Gasteiger partial charge in [-0.25, -0.2) is 0 Å². The van der Waals surface area contributed by atoms with Crippen LogP contribution in [0.1, 0.15) is 53.1 Å². The highest BCUT2D eigenvalue weighted by Crippen LogP contribution is 2.52. The number of benzene rings is 1. The van der Waals surface area contributed by atoms with Gasteiger partial charge in [0.05, 0.1) is 5.56 Å². The minimum Gasteiger partial charge on any atom is -0.340 e. The Labute approximate surface area is 188 Å². The van der Waals surface area contributed by atoms with Crippen molar-refractivity contribution in [3.63, 3.8) is 0 Å². The summed E-state index contributed by atoms with van der Waals surface area (Å²) in [6, 6.07) is 10.7. The molecule has 0 unspecified atom stereocenters. The van der Waals surface area contributed by atoms with Gasteiger partial charge in [-0.05, 0) is 60.2 Å². The van der Waals surface area contributed by atoms with Gasteiger partial charge in [-0.3, -0.25) is 9.59 Å². The van der Waals surface area contributed by atoms with Gasteiger partial charge >= 0.3 is 0 Å². The van der Waals surface area contributed by atoms with E-state index in [2.05, 4.69) is 41.1 Å². The molecule has 164 valence electrons. The van der Waals surface area contributed by atoms with Crippen molar-refractivity contribution in [3.8, 4) is 0 Å². The Balaban J connectivity index is 1.29. The molecule has 1 aromatic carbocycles. The molecule has 0 radical (unpaired) electrons. The van der Waals surface area contributed by atoms with Crippen molar-refractivity contribution in [2.45, 2.75) is 37.0 Å². The smallest absolute Gasteiger partial charge is 0.254 e. The van der Waals surface area contributed by atoms with Gasteiger partial charge in [0.1, 0.15) is 0 Å². The van der Waals surface area contributed by atoms with E-state index in [-0.39, 0.29) is 11.3 Å². The summed E-state index contributed by atoms with van der Waals surface area (Å²) in [5.41, 5.74) is 3.70. The van der Waals surface area contributed by atoms with Crippen molar-refractivity contribution in [1.82, 2.24) is 14.7 Å². The molecule has 6 heteroatoms. The number of rotatable bonds is 3. The van der Waals surface area contributed by atoms with E-state index in [0.717, 1.165) is 64.1 Å². The van der Waals surface area contributed by atoms with E-state index in [1.165, 1.54) is 11.1 Å². The third-order valence-corrected chi connectivity index (χ3v) is 8.35. The van der Waals surface area contributed by atoms with Crippen LogP contribution in [0.5, 0.6) is 0 Å². The van der Waals surface area contributed by atoms with Crippen LogP contribution in [-0.2, 0) is 10.2 Å². The second-order valence-electron chi connectivity index (χ2n) is 9.46. The molecule has 1 spiro atoms. The Hall–Kier alpha value is -2.18. The van der Waals surface area contributed by atoms with Crippen molar-refractivity contribution < 1.29 is 9.59 Å². The summed E-state index contributed by atoms with van der Waals surface area (Å²) in [7, 11) is 2.12. The van der Waals surface area contributed by atoms with Crippen LogP contribution in [0.25, 0.3) is 0 Å². The predicted molar refractivity (Wildman–Crippen MR) is 124 cm³/mol. The summed E-state index contributed by atoms with van der Waals surface area (Å²) in [5.74, 6) is 0.752. The van der Waals surface area contributed by atoms with Crippen molar-refractivity contribution in [2.75, 3.05) is 46.3 Å². The molecule has 2 amide bonds. The van der Waals surface area contributed by atoms with Gasteiger partial charge in [-0.15, -0.1) is 0 Å². The van der Waals surface area contributed by atoms with E-state index in [0.29, 0.717) is 18.2 Å². The fourth-order valence-electron chi connectivity index (χ4n) is 5.79. The first-order chi connectivity index (χ1) is 15.1. The average Bonchev–Trinajstić information content (AvgIpc) is 3.43. The van der Waals surface area contributed by atoms with Gasteiger partial charge in [-0.2, -0.15) is 11.3 Å². The van der Waals surface area contributed by atoms with E-state index in [1.54, 1.807) is 11.3 Å². The number of piperazine rings is 1. The molecule has 3 heterocycles. The fourth-order valence-corrected chi connectivity index (χ4v) is 6.42. The lowest BCUT2D eigenvalue weighted by Gasteiger charge is -2.40. The minimum atomic E-state index is 0.106. The van der Waals surface area contributed by atoms with Crippen LogP contribution in [0.2, 0.25) is 0 Å². The highest BCUT2D eigenvalue weighted by atomic mass is 32.1. The molecule has 0 N–H and O–H groups in total. The van der Waals surface area contributed by atoms with Crippen LogP contribution in [0.15, 0.2) is 41.1 Å². The summed E-state index contributed by atoms with van der Waals surface area (Å²) >= 11 is 1.57. The summed E-state index contributed by atoms with van der Waals surface area (Å²) in [4.78, 5) is 32.2. The van der Waals surface area contributed by atoms with Gasteiger partial charge < -0.3 is 14.7 Å². The number of thiophene rings is 1. The topological polar surface area (TPSA) is 43.9 Å². The lowest BCUT2D eigenvalue weighted by molar-refractivity contribution is -0.133. The van der Waals surface area contributed by atoms with Gasteiger partial charge in [0.2, 0.25) is 5.91 Å². The molecule has 5 nitrogen and oxygen atoms in total. The average molecular weight is 438 g/mol. The zero-order valence-electron chi connectivity index (χ0n) is 18.3. The van der Waals surface area contributed by atoms with Crippen LogP contribution < -0.4 is 0 Å². The van der Waals surface area contributed by atoms with Gasteiger partial charge in [0.15, 0.2) is 0 Å². The van der Waals surface area contributed by atoms with Crippen molar-refractivity contribution in [3.05, 3.63) is 57.8 Å². The molecule has 0 saturated carbocycles. The van der Waals surface area contributed by atoms with Crippen LogP contribution in [0.4, 0.5) is 0 Å². The summed E-state index contributed by atoms with van der Waals surface area (Å²) in [6.45, 7) is 5.20. The van der Waals surface area contributed by atoms with Gasteiger partial charge in [0.25, 0.3) is 5.91 Å². The molecular weight excluding hydrogens is 406 g/mol. The number of hydrogen-bond acceptors (Lipinski definition) is 4. The second kappa shape index (κ2) is 8.40. The summed E-state index contributed by atoms with van der Waals surface area (Å²) in [6.07, 6.45) is 3.62. The molecule has 5 rings (SSSR count). The van der Waals surface area contributed by atoms with E-state index < -0.39 is 0 Å². The first-order valence-electron chi connectivity index (χ1n) is 11.4. The molecule has 2 saturated heterocycles. The Bertz CT molecular complexity index is 941. The summed E-state index contributed by atoms with van der Waals surface area (Å²) in [5, 5.41) is 3.91. The number of likely N-dealkylation sites (tertiary alicyclic amines) is 1. The first-order valence-corrected chi connectivity index (χ1v) is 12.4. The Kier molecular flexibility index (Phi) is 5.61. The number of carbonyl (C=O) groups excluding carboxylic acids is 2. The van der Waals surface area contributed by atoms with Crippen molar-refractivity contribution in [2.24, 2.45) is 0 Å². The largest absolute Gasteiger partial charge is 0.340 e. The van der Waals surface area contributed by atoms with Crippen LogP contribution in [-0.4, -0.2) is 72.8 Å². The molecule has 31 heavy (non-hydrogen) atoms. The minimum absolute atomic E-state index is 0.106. The van der Waals surface area contributed by atoms with Gasteiger partial charge in [-0.1, -0.05) is 24.3 Å². The maximum Gasteiger partial charge on any atom is 0.254 e. The molecule has 1 atom stereocenters. The monoisotopic (exact) mass is 437 g/mol. The molecule has 2 aliphatic heterocycles. The Morgan fingerprint density at radius 2 is 1.74 bits per heavy atom. The highest BCUT2D eigenvalue weighted by molar-refractivity contribution is 7.08. The van der Waals surface area contributed by atoms with Crippen LogP contribution in [0, 0.1) is 0 Å². The SMILES string of the molecule is CN1CCN(C(=O)C[C@H]2CC3(CCN(C(=O)c4ccsc4)CC3)c3ccccc32)CC1. The van der Waals surface area contributed by atoms with Crippen molar-refractivity contribution >= 4 is 23.2 Å². The zero-order valence-corrected chi connectivity index (χ0v) is 19.1. The normalized spacial score (nSPS) is 23.2. The number of fused-ring (bicyclic) bond motifs is 2. The quantitative estimate of drug-likeness (QED) is 0.737. The number of carbonyl (C=O) groups is 2. The molecular formula is C25H31N3O2S. The number of hydrogen-bond donors (Lipinski definition) is 0. The first kappa shape index (κ1) is 20.7. The fraction of sp³-hybridized carbons (Fsp3) is 0.520. The third kappa shape index (κ3) is 3.92. The lowest BCUT2D eigenvalue weighted by Crippen LogP contribution is -2.47. The molecule has 0 bridgehead atoms. The van der Waals surface area contributed by atoms with Crippen LogP contribution >= 0.6 is 11.3 Å². The van der Waals surface area contributed by atoms with E-state index in [9.17, 15) is 9.59 Å². The number of amides is 2. The van der Waals surface area contributed by atoms with E-state index >= 15 is 0 Å². The van der Waals surface area contributed by atoms with Gasteiger partial charge in [0, 0.05) is 51.1 Å². The standard InChI is InChI=1S/C25H31N3O2S/c1-26-11-13-27(14-12-26)23(29)16-20-17-25(22-5-3-2-4-21(20)22)7-9-28(10-8-25)24(30)19-6-15-31-18-19/h2-6,15,18,20H,7-14,16-17H2,1H3/t20-/m0/s1. The molecule has 2 aromatic rings. The predicted octanol–water partition coefficient (Wildman–Crippen LogP) is 3.57. The number of piperidine rings is 1. The maximum atomic E-state index is 13.1. The molecule has 1 aromatic heterocycles. The second-order valence-corrected chi connectivity index (χ2v) is 10.2. The third-order valence-electron chi connectivity index (χ3n) is 7.66. The maximum absolute atomic E-state index is 13.1.